The summed E-state index contributed by atoms with van der Waals surface area (Å²) in [4.78, 5) is 27.1. The third kappa shape index (κ3) is 2.31. The molecule has 0 atom stereocenters. The van der Waals surface area contributed by atoms with E-state index in [9.17, 15) is 9.59 Å². The first-order valence-electron chi connectivity index (χ1n) is 4.90. The Hall–Kier alpha value is -2.00. The van der Waals surface area contributed by atoms with Crippen molar-refractivity contribution in [2.24, 2.45) is 12.8 Å². The van der Waals surface area contributed by atoms with Gasteiger partial charge in [0.15, 0.2) is 11.3 Å². The number of hydrogen-bond donors (Lipinski definition) is 2. The first-order chi connectivity index (χ1) is 8.15. The number of carbonyl (C=O) groups is 1. The number of aryl methyl sites for hydroxylation is 1. The summed E-state index contributed by atoms with van der Waals surface area (Å²) in [6.07, 6.45) is 1.24. The average Bonchev–Trinajstić information content (AvgIpc) is 2.75. The SMILES string of the molecule is Cl.Cn1nnc2c(C(=O)NCCN)ncn2c1=O. The zero-order chi connectivity index (χ0) is 12.4. The van der Waals surface area contributed by atoms with Gasteiger partial charge in [0.25, 0.3) is 5.91 Å². The quantitative estimate of drug-likeness (QED) is 0.663. The van der Waals surface area contributed by atoms with E-state index in [2.05, 4.69) is 20.6 Å². The van der Waals surface area contributed by atoms with Gasteiger partial charge in [-0.15, -0.1) is 17.5 Å². The van der Waals surface area contributed by atoms with Crippen LogP contribution in [0.4, 0.5) is 0 Å². The number of fused-ring (bicyclic) bond motifs is 1. The molecule has 98 valence electrons. The van der Waals surface area contributed by atoms with E-state index in [1.807, 2.05) is 0 Å². The molecule has 2 heterocycles. The molecule has 2 aromatic rings. The van der Waals surface area contributed by atoms with Crippen LogP contribution in [-0.2, 0) is 7.05 Å². The largest absolute Gasteiger partial charge is 0.352 e. The van der Waals surface area contributed by atoms with E-state index in [1.54, 1.807) is 0 Å². The molecule has 18 heavy (non-hydrogen) atoms. The van der Waals surface area contributed by atoms with Crippen LogP contribution in [-0.4, -0.2) is 43.4 Å². The zero-order valence-corrected chi connectivity index (χ0v) is 10.3. The molecule has 9 nitrogen and oxygen atoms in total. The van der Waals surface area contributed by atoms with E-state index in [-0.39, 0.29) is 23.7 Å². The Morgan fingerprint density at radius 1 is 1.56 bits per heavy atom. The lowest BCUT2D eigenvalue weighted by atomic mass is 10.4. The van der Waals surface area contributed by atoms with E-state index in [4.69, 9.17) is 5.73 Å². The summed E-state index contributed by atoms with van der Waals surface area (Å²) in [5.74, 6) is -0.430. The summed E-state index contributed by atoms with van der Waals surface area (Å²) >= 11 is 0. The minimum Gasteiger partial charge on any atom is -0.349 e. The van der Waals surface area contributed by atoms with Crippen LogP contribution < -0.4 is 16.7 Å². The van der Waals surface area contributed by atoms with Gasteiger partial charge in [-0.3, -0.25) is 4.79 Å². The highest BCUT2D eigenvalue weighted by Crippen LogP contribution is 2.01. The molecule has 2 rings (SSSR count). The van der Waals surface area contributed by atoms with E-state index >= 15 is 0 Å². The number of nitrogens with zero attached hydrogens (tertiary/aromatic N) is 5. The van der Waals surface area contributed by atoms with Gasteiger partial charge in [-0.1, -0.05) is 5.21 Å². The second-order valence-corrected chi connectivity index (χ2v) is 3.33. The molecule has 0 radical (unpaired) electrons. The normalized spacial score (nSPS) is 10.1. The average molecular weight is 274 g/mol. The number of halogens is 1. The van der Waals surface area contributed by atoms with Gasteiger partial charge in [0.1, 0.15) is 6.33 Å². The Morgan fingerprint density at radius 3 is 2.94 bits per heavy atom. The minimum absolute atomic E-state index is 0. The second kappa shape index (κ2) is 5.56. The molecule has 3 N–H and O–H groups in total. The summed E-state index contributed by atoms with van der Waals surface area (Å²) in [6, 6.07) is 0. The van der Waals surface area contributed by atoms with E-state index in [0.29, 0.717) is 13.1 Å². The topological polar surface area (TPSA) is 120 Å². The van der Waals surface area contributed by atoms with Crippen molar-refractivity contribution in [3.8, 4) is 0 Å². The van der Waals surface area contributed by atoms with Gasteiger partial charge >= 0.3 is 5.69 Å². The number of nitrogens with one attached hydrogen (secondary N) is 1. The van der Waals surface area contributed by atoms with Crippen molar-refractivity contribution in [3.05, 3.63) is 22.5 Å². The van der Waals surface area contributed by atoms with Gasteiger partial charge in [-0.05, 0) is 0 Å². The first kappa shape index (κ1) is 14.1. The maximum atomic E-state index is 11.7. The van der Waals surface area contributed by atoms with Crippen molar-refractivity contribution in [1.29, 1.82) is 0 Å². The number of aromatic nitrogens is 5. The van der Waals surface area contributed by atoms with E-state index in [1.165, 1.54) is 13.4 Å². The predicted molar refractivity (Wildman–Crippen MR) is 64.7 cm³/mol. The second-order valence-electron chi connectivity index (χ2n) is 3.33. The zero-order valence-electron chi connectivity index (χ0n) is 9.53. The van der Waals surface area contributed by atoms with Crippen LogP contribution in [0.1, 0.15) is 10.5 Å². The Labute approximate surface area is 107 Å². The van der Waals surface area contributed by atoms with Gasteiger partial charge in [0, 0.05) is 20.1 Å². The molecule has 0 aromatic carbocycles. The fourth-order valence-electron chi connectivity index (χ4n) is 1.31. The lowest BCUT2D eigenvalue weighted by Gasteiger charge is -2.00. The molecule has 0 fully saturated rings. The molecular weight excluding hydrogens is 262 g/mol. The molecule has 1 amide bonds. The Kier molecular flexibility index (Phi) is 4.34. The Morgan fingerprint density at radius 2 is 2.28 bits per heavy atom. The molecule has 0 saturated carbocycles. The summed E-state index contributed by atoms with van der Waals surface area (Å²) in [6.45, 7) is 0.654. The maximum Gasteiger partial charge on any atom is 0.352 e. The van der Waals surface area contributed by atoms with Crippen LogP contribution in [0.25, 0.3) is 5.65 Å². The highest BCUT2D eigenvalue weighted by molar-refractivity contribution is 5.97. The number of imidazole rings is 1. The fraction of sp³-hybridized carbons (Fsp3) is 0.375. The van der Waals surface area contributed by atoms with Gasteiger partial charge in [-0.25, -0.2) is 14.2 Å². The molecule has 10 heteroatoms. The van der Waals surface area contributed by atoms with Gasteiger partial charge < -0.3 is 11.1 Å². The summed E-state index contributed by atoms with van der Waals surface area (Å²) in [5.41, 5.74) is 5.04. The van der Waals surface area contributed by atoms with E-state index < -0.39 is 11.6 Å². The van der Waals surface area contributed by atoms with Crippen molar-refractivity contribution in [3.63, 3.8) is 0 Å². The van der Waals surface area contributed by atoms with Crippen LogP contribution >= 0.6 is 12.4 Å². The van der Waals surface area contributed by atoms with Gasteiger partial charge in [0.05, 0.1) is 0 Å². The Balaban J connectivity index is 0.00000162. The van der Waals surface area contributed by atoms with Crippen molar-refractivity contribution < 1.29 is 4.79 Å². The standard InChI is InChI=1S/C8H11N7O2.ClH/c1-14-8(17)15-4-11-5(6(15)12-13-14)7(16)10-3-2-9;/h4H,2-3,9H2,1H3,(H,10,16);1H. The molecule has 0 spiro atoms. The summed E-state index contributed by atoms with van der Waals surface area (Å²) < 4.78 is 2.21. The van der Waals surface area contributed by atoms with Crippen molar-refractivity contribution in [2.45, 2.75) is 0 Å². The molecule has 0 bridgehead atoms. The molecular formula is C8H12ClN7O2. The van der Waals surface area contributed by atoms with Gasteiger partial charge in [0.2, 0.25) is 0 Å². The molecule has 0 aliphatic carbocycles. The van der Waals surface area contributed by atoms with Crippen LogP contribution in [0, 0.1) is 0 Å². The molecule has 0 aliphatic rings. The van der Waals surface area contributed by atoms with Crippen molar-refractivity contribution in [1.82, 2.24) is 29.7 Å². The third-order valence-electron chi connectivity index (χ3n) is 2.14. The van der Waals surface area contributed by atoms with Crippen LogP contribution in [0.15, 0.2) is 11.1 Å². The highest BCUT2D eigenvalue weighted by atomic mass is 35.5. The lowest BCUT2D eigenvalue weighted by molar-refractivity contribution is 0.0951. The lowest BCUT2D eigenvalue weighted by Crippen LogP contribution is -2.30. The fourth-order valence-corrected chi connectivity index (χ4v) is 1.31. The van der Waals surface area contributed by atoms with Crippen LogP contribution in [0.5, 0.6) is 0 Å². The maximum absolute atomic E-state index is 11.7. The smallest absolute Gasteiger partial charge is 0.349 e. The number of hydrogen-bond acceptors (Lipinski definition) is 6. The van der Waals surface area contributed by atoms with Crippen LogP contribution in [0.3, 0.4) is 0 Å². The number of nitrogens with two attached hydrogens (primary N) is 1. The summed E-state index contributed by atoms with van der Waals surface area (Å²) in [5, 5.41) is 9.89. The molecule has 0 unspecified atom stereocenters. The van der Waals surface area contributed by atoms with E-state index in [0.717, 1.165) is 9.08 Å². The van der Waals surface area contributed by atoms with Crippen molar-refractivity contribution in [2.75, 3.05) is 13.1 Å². The summed E-state index contributed by atoms with van der Waals surface area (Å²) in [7, 11) is 1.46. The highest BCUT2D eigenvalue weighted by Gasteiger charge is 2.16. The number of carbonyl (C=O) groups excluding carboxylic acids is 1. The minimum atomic E-state index is -0.430. The number of amides is 1. The van der Waals surface area contributed by atoms with Gasteiger partial charge in [-0.2, -0.15) is 4.68 Å². The van der Waals surface area contributed by atoms with Crippen LogP contribution in [0.2, 0.25) is 0 Å². The Bertz CT molecular complexity index is 619. The molecule has 0 aliphatic heterocycles. The molecule has 0 saturated heterocycles. The monoisotopic (exact) mass is 273 g/mol. The van der Waals surface area contributed by atoms with Crippen molar-refractivity contribution >= 4 is 24.0 Å². The number of rotatable bonds is 3. The first-order valence-corrected chi connectivity index (χ1v) is 4.90. The third-order valence-corrected chi connectivity index (χ3v) is 2.14. The molecule has 2 aromatic heterocycles. The predicted octanol–water partition coefficient (Wildman–Crippen LogP) is -2.07.